The van der Waals surface area contributed by atoms with E-state index in [0.29, 0.717) is 24.3 Å². The largest absolute Gasteiger partial charge is 0.497 e. The SMILES string of the molecule is COc1ccc(C2NC(=O)N=C(CCc3ccc(F)cc3)C2C(=O)OCc2ccccc2)cc1. The van der Waals surface area contributed by atoms with Crippen LogP contribution in [0.1, 0.15) is 29.2 Å². The smallest absolute Gasteiger partial charge is 0.341 e. The Kier molecular flexibility index (Phi) is 7.32. The lowest BCUT2D eigenvalue weighted by atomic mass is 9.85. The van der Waals surface area contributed by atoms with E-state index in [2.05, 4.69) is 10.3 Å². The summed E-state index contributed by atoms with van der Waals surface area (Å²) in [7, 11) is 1.57. The third-order valence-electron chi connectivity index (χ3n) is 5.75. The topological polar surface area (TPSA) is 77.0 Å². The molecule has 0 saturated heterocycles. The van der Waals surface area contributed by atoms with Gasteiger partial charge in [-0.15, -0.1) is 0 Å². The van der Waals surface area contributed by atoms with Gasteiger partial charge >= 0.3 is 12.0 Å². The third kappa shape index (κ3) is 5.67. The number of aliphatic imine (C=N–C) groups is 1. The van der Waals surface area contributed by atoms with E-state index in [1.54, 1.807) is 31.4 Å². The number of nitrogens with one attached hydrogen (secondary N) is 1. The van der Waals surface area contributed by atoms with Gasteiger partial charge in [0.1, 0.15) is 24.1 Å². The van der Waals surface area contributed by atoms with Crippen molar-refractivity contribution in [2.24, 2.45) is 10.9 Å². The number of methoxy groups -OCH3 is 1. The van der Waals surface area contributed by atoms with E-state index < -0.39 is 24.0 Å². The Morgan fingerprint density at radius 3 is 2.32 bits per heavy atom. The quantitative estimate of drug-likeness (QED) is 0.478. The van der Waals surface area contributed by atoms with Crippen LogP contribution in [0.4, 0.5) is 9.18 Å². The molecule has 174 valence electrons. The number of aryl methyl sites for hydroxylation is 1. The summed E-state index contributed by atoms with van der Waals surface area (Å²) >= 11 is 0. The highest BCUT2D eigenvalue weighted by molar-refractivity contribution is 6.09. The molecular weight excluding hydrogens is 435 g/mol. The van der Waals surface area contributed by atoms with Gasteiger partial charge in [0, 0.05) is 5.71 Å². The van der Waals surface area contributed by atoms with Crippen LogP contribution in [0.5, 0.6) is 5.75 Å². The summed E-state index contributed by atoms with van der Waals surface area (Å²) in [5.74, 6) is -0.919. The summed E-state index contributed by atoms with van der Waals surface area (Å²) in [5.41, 5.74) is 2.92. The number of rotatable bonds is 8. The molecule has 4 rings (SSSR count). The highest BCUT2D eigenvalue weighted by Crippen LogP contribution is 2.31. The highest BCUT2D eigenvalue weighted by Gasteiger charge is 2.39. The van der Waals surface area contributed by atoms with Crippen molar-refractivity contribution in [3.8, 4) is 5.75 Å². The van der Waals surface area contributed by atoms with Gasteiger partial charge in [0.2, 0.25) is 0 Å². The molecule has 34 heavy (non-hydrogen) atoms. The van der Waals surface area contributed by atoms with Crippen LogP contribution >= 0.6 is 0 Å². The van der Waals surface area contributed by atoms with E-state index in [1.165, 1.54) is 12.1 Å². The van der Waals surface area contributed by atoms with Gasteiger partial charge in [-0.1, -0.05) is 54.6 Å². The molecule has 7 heteroatoms. The summed E-state index contributed by atoms with van der Waals surface area (Å²) < 4.78 is 24.2. The first-order valence-corrected chi connectivity index (χ1v) is 11.0. The Labute approximate surface area is 197 Å². The van der Waals surface area contributed by atoms with E-state index in [1.807, 2.05) is 42.5 Å². The molecule has 2 amide bonds. The van der Waals surface area contributed by atoms with Crippen LogP contribution in [-0.4, -0.2) is 24.8 Å². The van der Waals surface area contributed by atoms with Crippen LogP contribution in [0.15, 0.2) is 83.9 Å². The predicted molar refractivity (Wildman–Crippen MR) is 126 cm³/mol. The normalized spacial score (nSPS) is 17.5. The molecule has 6 nitrogen and oxygen atoms in total. The lowest BCUT2D eigenvalue weighted by Gasteiger charge is -2.31. The van der Waals surface area contributed by atoms with Crippen molar-refractivity contribution in [2.45, 2.75) is 25.5 Å². The van der Waals surface area contributed by atoms with Crippen molar-refractivity contribution in [1.82, 2.24) is 5.32 Å². The standard InChI is InChI=1S/C27H25FN2O4/c1-33-22-14-10-20(11-15-22)25-24(26(31)34-17-19-5-3-2-4-6-19)23(29-27(32)30-25)16-9-18-7-12-21(28)13-8-18/h2-8,10-15,24-25H,9,16-17H2,1H3,(H,30,32). The fourth-order valence-corrected chi connectivity index (χ4v) is 3.95. The lowest BCUT2D eigenvalue weighted by Crippen LogP contribution is -2.45. The number of esters is 1. The molecule has 2 atom stereocenters. The van der Waals surface area contributed by atoms with Gasteiger partial charge in [0.15, 0.2) is 0 Å². The van der Waals surface area contributed by atoms with E-state index in [4.69, 9.17) is 9.47 Å². The van der Waals surface area contributed by atoms with Crippen LogP contribution in [0.3, 0.4) is 0 Å². The number of halogens is 1. The number of hydrogen-bond acceptors (Lipinski definition) is 4. The molecule has 2 unspecified atom stereocenters. The monoisotopic (exact) mass is 460 g/mol. The molecule has 0 radical (unpaired) electrons. The summed E-state index contributed by atoms with van der Waals surface area (Å²) in [6.45, 7) is 0.116. The van der Waals surface area contributed by atoms with Crippen LogP contribution in [0, 0.1) is 11.7 Å². The molecule has 3 aromatic rings. The van der Waals surface area contributed by atoms with Crippen LogP contribution < -0.4 is 10.1 Å². The first-order chi connectivity index (χ1) is 16.5. The van der Waals surface area contributed by atoms with Crippen molar-refractivity contribution in [1.29, 1.82) is 0 Å². The van der Waals surface area contributed by atoms with Crippen molar-refractivity contribution in [2.75, 3.05) is 7.11 Å². The summed E-state index contributed by atoms with van der Waals surface area (Å²) in [6.07, 6.45) is 0.862. The number of amides is 2. The summed E-state index contributed by atoms with van der Waals surface area (Å²) in [6, 6.07) is 21.5. The highest BCUT2D eigenvalue weighted by atomic mass is 19.1. The molecule has 1 N–H and O–H groups in total. The number of urea groups is 1. The Balaban J connectivity index is 1.59. The van der Waals surface area contributed by atoms with E-state index in [0.717, 1.165) is 16.7 Å². The zero-order chi connectivity index (χ0) is 23.9. The number of carbonyl (C=O) groups excluding carboxylic acids is 2. The first kappa shape index (κ1) is 23.2. The van der Waals surface area contributed by atoms with Crippen molar-refractivity contribution >= 4 is 17.7 Å². The number of benzene rings is 3. The molecule has 3 aromatic carbocycles. The van der Waals surface area contributed by atoms with Crippen LogP contribution in [0.2, 0.25) is 0 Å². The minimum absolute atomic E-state index is 0.116. The number of nitrogens with zero attached hydrogens (tertiary/aromatic N) is 1. The van der Waals surface area contributed by atoms with E-state index in [9.17, 15) is 14.0 Å². The van der Waals surface area contributed by atoms with Crippen molar-refractivity contribution in [3.63, 3.8) is 0 Å². The van der Waals surface area contributed by atoms with Crippen LogP contribution in [0.25, 0.3) is 0 Å². The van der Waals surface area contributed by atoms with Crippen molar-refractivity contribution in [3.05, 3.63) is 101 Å². The second-order valence-corrected chi connectivity index (χ2v) is 8.00. The molecule has 1 aliphatic heterocycles. The van der Waals surface area contributed by atoms with Gasteiger partial charge in [-0.05, 0) is 53.8 Å². The minimum atomic E-state index is -0.796. The predicted octanol–water partition coefficient (Wildman–Crippen LogP) is 5.03. The van der Waals surface area contributed by atoms with Gasteiger partial charge in [-0.25, -0.2) is 14.2 Å². The average Bonchev–Trinajstić information content (AvgIpc) is 2.87. The third-order valence-corrected chi connectivity index (χ3v) is 5.75. The van der Waals surface area contributed by atoms with Gasteiger partial charge in [-0.2, -0.15) is 0 Å². The van der Waals surface area contributed by atoms with E-state index in [-0.39, 0.29) is 12.4 Å². The van der Waals surface area contributed by atoms with E-state index >= 15 is 0 Å². The molecule has 1 aliphatic rings. The Morgan fingerprint density at radius 2 is 1.65 bits per heavy atom. The number of ether oxygens (including phenoxy) is 2. The molecule has 0 aliphatic carbocycles. The molecule has 1 heterocycles. The Morgan fingerprint density at radius 1 is 0.941 bits per heavy atom. The minimum Gasteiger partial charge on any atom is -0.497 e. The molecule has 0 saturated carbocycles. The zero-order valence-corrected chi connectivity index (χ0v) is 18.7. The molecule has 0 spiro atoms. The first-order valence-electron chi connectivity index (χ1n) is 11.0. The number of carbonyl (C=O) groups is 2. The maximum atomic E-state index is 13.3. The second kappa shape index (κ2) is 10.7. The van der Waals surface area contributed by atoms with Gasteiger partial charge in [-0.3, -0.25) is 4.79 Å². The fourth-order valence-electron chi connectivity index (χ4n) is 3.95. The van der Waals surface area contributed by atoms with Gasteiger partial charge < -0.3 is 14.8 Å². The van der Waals surface area contributed by atoms with Crippen LogP contribution in [-0.2, 0) is 22.6 Å². The Bertz CT molecular complexity index is 1160. The average molecular weight is 461 g/mol. The molecule has 0 bridgehead atoms. The molecule has 0 aromatic heterocycles. The summed E-state index contributed by atoms with van der Waals surface area (Å²) in [4.78, 5) is 29.9. The maximum absolute atomic E-state index is 13.3. The Hall–Kier alpha value is -4.00. The second-order valence-electron chi connectivity index (χ2n) is 8.00. The molecule has 0 fully saturated rings. The zero-order valence-electron chi connectivity index (χ0n) is 18.7. The van der Waals surface area contributed by atoms with Crippen molar-refractivity contribution < 1.29 is 23.5 Å². The van der Waals surface area contributed by atoms with Gasteiger partial charge in [0.25, 0.3) is 0 Å². The molecular formula is C27H25FN2O4. The lowest BCUT2D eigenvalue weighted by molar-refractivity contribution is -0.148. The van der Waals surface area contributed by atoms with Gasteiger partial charge in [0.05, 0.1) is 13.2 Å². The maximum Gasteiger partial charge on any atom is 0.341 e. The number of hydrogen-bond donors (Lipinski definition) is 1. The summed E-state index contributed by atoms with van der Waals surface area (Å²) in [5, 5.41) is 2.82. The fraction of sp³-hybridized carbons (Fsp3) is 0.222.